The Labute approximate surface area is 126 Å². The maximum absolute atomic E-state index is 12.1. The summed E-state index contributed by atoms with van der Waals surface area (Å²) in [6.45, 7) is 1.94. The first-order valence-electron chi connectivity index (χ1n) is 6.74. The van der Waals surface area contributed by atoms with Crippen LogP contribution in [0.1, 0.15) is 26.5 Å². The number of furan rings is 1. The molecule has 3 aromatic rings. The van der Waals surface area contributed by atoms with E-state index in [4.69, 9.17) is 10.2 Å². The summed E-state index contributed by atoms with van der Waals surface area (Å²) in [5, 5.41) is 3.11. The summed E-state index contributed by atoms with van der Waals surface area (Å²) in [5.74, 6) is -0.971. The topological polar surface area (TPSA) is 85.3 Å². The summed E-state index contributed by atoms with van der Waals surface area (Å²) in [7, 11) is 0. The van der Waals surface area contributed by atoms with E-state index >= 15 is 0 Å². The number of hydrogen-bond acceptors (Lipinski definition) is 4. The van der Waals surface area contributed by atoms with E-state index in [1.807, 2.05) is 25.1 Å². The number of rotatable bonds is 2. The number of nitrogens with two attached hydrogens (primary N) is 1. The number of hydrogen-bond donors (Lipinski definition) is 2. The van der Waals surface area contributed by atoms with Gasteiger partial charge in [0.1, 0.15) is 5.58 Å². The average molecular weight is 294 g/mol. The Morgan fingerprint density at radius 1 is 1.00 bits per heavy atom. The fourth-order valence-corrected chi connectivity index (χ4v) is 2.12. The molecule has 110 valence electrons. The molecule has 0 aliphatic heterocycles. The highest BCUT2D eigenvalue weighted by Crippen LogP contribution is 2.20. The molecule has 1 heterocycles. The number of benzene rings is 2. The summed E-state index contributed by atoms with van der Waals surface area (Å²) < 4.78 is 5.48. The minimum atomic E-state index is -0.573. The molecule has 0 aliphatic rings. The lowest BCUT2D eigenvalue weighted by Gasteiger charge is -2.02. The van der Waals surface area contributed by atoms with E-state index in [0.29, 0.717) is 16.8 Å². The van der Waals surface area contributed by atoms with Crippen LogP contribution in [0, 0.1) is 6.92 Å². The number of imide groups is 1. The van der Waals surface area contributed by atoms with E-state index in [-0.39, 0.29) is 5.76 Å². The van der Waals surface area contributed by atoms with Crippen molar-refractivity contribution in [1.29, 1.82) is 0 Å². The van der Waals surface area contributed by atoms with Crippen molar-refractivity contribution in [2.75, 3.05) is 5.73 Å². The Hall–Kier alpha value is -3.08. The van der Waals surface area contributed by atoms with Gasteiger partial charge < -0.3 is 10.2 Å². The number of amides is 2. The first-order chi connectivity index (χ1) is 10.5. The van der Waals surface area contributed by atoms with E-state index in [9.17, 15) is 9.59 Å². The number of anilines is 1. The molecule has 0 spiro atoms. The van der Waals surface area contributed by atoms with Crippen LogP contribution in [0.4, 0.5) is 5.69 Å². The molecule has 0 atom stereocenters. The minimum Gasteiger partial charge on any atom is -0.451 e. The van der Waals surface area contributed by atoms with Crippen molar-refractivity contribution < 1.29 is 14.0 Å². The number of carbonyl (C=O) groups is 2. The van der Waals surface area contributed by atoms with E-state index < -0.39 is 11.8 Å². The zero-order chi connectivity index (χ0) is 15.7. The lowest BCUT2D eigenvalue weighted by atomic mass is 10.2. The molecule has 0 unspecified atom stereocenters. The second kappa shape index (κ2) is 5.37. The van der Waals surface area contributed by atoms with Crippen molar-refractivity contribution in [1.82, 2.24) is 5.32 Å². The minimum absolute atomic E-state index is 0.101. The van der Waals surface area contributed by atoms with Gasteiger partial charge in [-0.3, -0.25) is 14.9 Å². The molecular formula is C17H14N2O3. The Bertz CT molecular complexity index is 863. The van der Waals surface area contributed by atoms with Crippen LogP contribution >= 0.6 is 0 Å². The molecule has 0 saturated carbocycles. The van der Waals surface area contributed by atoms with Crippen LogP contribution in [0.25, 0.3) is 11.0 Å². The van der Waals surface area contributed by atoms with Crippen molar-refractivity contribution in [3.63, 3.8) is 0 Å². The quantitative estimate of drug-likeness (QED) is 0.562. The molecule has 3 rings (SSSR count). The van der Waals surface area contributed by atoms with Gasteiger partial charge in [0.2, 0.25) is 0 Å². The van der Waals surface area contributed by atoms with Crippen LogP contribution in [0.3, 0.4) is 0 Å². The third kappa shape index (κ3) is 2.69. The molecule has 1 aromatic heterocycles. The summed E-state index contributed by atoms with van der Waals surface area (Å²) in [5.41, 5.74) is 8.12. The van der Waals surface area contributed by atoms with E-state index in [2.05, 4.69) is 5.32 Å². The van der Waals surface area contributed by atoms with Gasteiger partial charge in [0, 0.05) is 16.6 Å². The van der Waals surface area contributed by atoms with Gasteiger partial charge in [-0.15, -0.1) is 0 Å². The Balaban J connectivity index is 1.80. The van der Waals surface area contributed by atoms with Crippen LogP contribution in [-0.2, 0) is 0 Å². The second-order valence-electron chi connectivity index (χ2n) is 5.06. The molecule has 3 N–H and O–H groups in total. The SMILES string of the molecule is Cc1ccc2cc(C(=O)NC(=O)c3ccc(N)cc3)oc2c1. The van der Waals surface area contributed by atoms with Crippen molar-refractivity contribution in [2.24, 2.45) is 0 Å². The highest BCUT2D eigenvalue weighted by molar-refractivity contribution is 6.10. The summed E-state index contributed by atoms with van der Waals surface area (Å²) in [6, 6.07) is 13.6. The van der Waals surface area contributed by atoms with Crippen LogP contribution in [0.2, 0.25) is 0 Å². The predicted octanol–water partition coefficient (Wildman–Crippen LogP) is 2.89. The standard InChI is InChI=1S/C17H14N2O3/c1-10-2-3-12-9-15(22-14(12)8-10)17(21)19-16(20)11-4-6-13(18)7-5-11/h2-9H,18H2,1H3,(H,19,20,21). The molecule has 0 radical (unpaired) electrons. The number of nitrogen functional groups attached to an aromatic ring is 1. The highest BCUT2D eigenvalue weighted by Gasteiger charge is 2.16. The molecule has 22 heavy (non-hydrogen) atoms. The van der Waals surface area contributed by atoms with E-state index in [0.717, 1.165) is 10.9 Å². The van der Waals surface area contributed by atoms with Crippen LogP contribution in [0.5, 0.6) is 0 Å². The van der Waals surface area contributed by atoms with Crippen molar-refractivity contribution >= 4 is 28.5 Å². The van der Waals surface area contributed by atoms with Gasteiger partial charge in [0.15, 0.2) is 5.76 Å². The maximum atomic E-state index is 12.1. The van der Waals surface area contributed by atoms with Gasteiger partial charge >= 0.3 is 0 Å². The molecule has 5 nitrogen and oxygen atoms in total. The fourth-order valence-electron chi connectivity index (χ4n) is 2.12. The van der Waals surface area contributed by atoms with Gasteiger partial charge in [-0.25, -0.2) is 0 Å². The summed E-state index contributed by atoms with van der Waals surface area (Å²) in [6.07, 6.45) is 0. The smallest absolute Gasteiger partial charge is 0.293 e. The lowest BCUT2D eigenvalue weighted by molar-refractivity contribution is 0.0834. The maximum Gasteiger partial charge on any atom is 0.293 e. The number of carbonyl (C=O) groups excluding carboxylic acids is 2. The van der Waals surface area contributed by atoms with Crippen LogP contribution in [-0.4, -0.2) is 11.8 Å². The Morgan fingerprint density at radius 2 is 1.73 bits per heavy atom. The molecule has 2 amide bonds. The number of nitrogens with one attached hydrogen (secondary N) is 1. The molecule has 0 bridgehead atoms. The fraction of sp³-hybridized carbons (Fsp3) is 0.0588. The third-order valence-corrected chi connectivity index (χ3v) is 3.30. The highest BCUT2D eigenvalue weighted by atomic mass is 16.3. The second-order valence-corrected chi connectivity index (χ2v) is 5.06. The number of aryl methyl sites for hydroxylation is 1. The molecule has 0 aliphatic carbocycles. The van der Waals surface area contributed by atoms with Crippen molar-refractivity contribution in [3.8, 4) is 0 Å². The van der Waals surface area contributed by atoms with E-state index in [1.165, 1.54) is 0 Å². The summed E-state index contributed by atoms with van der Waals surface area (Å²) in [4.78, 5) is 24.1. The van der Waals surface area contributed by atoms with Gasteiger partial charge in [-0.05, 0) is 48.9 Å². The van der Waals surface area contributed by atoms with Gasteiger partial charge in [-0.1, -0.05) is 12.1 Å². The molecule has 2 aromatic carbocycles. The normalized spacial score (nSPS) is 10.6. The van der Waals surface area contributed by atoms with Gasteiger partial charge in [0.25, 0.3) is 11.8 Å². The largest absolute Gasteiger partial charge is 0.451 e. The van der Waals surface area contributed by atoms with Crippen LogP contribution in [0.15, 0.2) is 52.9 Å². The van der Waals surface area contributed by atoms with Crippen molar-refractivity contribution in [2.45, 2.75) is 6.92 Å². The molecular weight excluding hydrogens is 280 g/mol. The Kier molecular flexibility index (Phi) is 3.39. The molecule has 5 heteroatoms. The van der Waals surface area contributed by atoms with Crippen LogP contribution < -0.4 is 11.1 Å². The molecule has 0 fully saturated rings. The zero-order valence-corrected chi connectivity index (χ0v) is 11.9. The predicted molar refractivity (Wildman–Crippen MR) is 83.6 cm³/mol. The van der Waals surface area contributed by atoms with Crippen molar-refractivity contribution in [3.05, 3.63) is 65.4 Å². The van der Waals surface area contributed by atoms with Gasteiger partial charge in [0.05, 0.1) is 0 Å². The number of fused-ring (bicyclic) bond motifs is 1. The lowest BCUT2D eigenvalue weighted by Crippen LogP contribution is -2.30. The summed E-state index contributed by atoms with van der Waals surface area (Å²) >= 11 is 0. The first kappa shape index (κ1) is 13.9. The third-order valence-electron chi connectivity index (χ3n) is 3.30. The van der Waals surface area contributed by atoms with E-state index in [1.54, 1.807) is 30.3 Å². The average Bonchev–Trinajstić information content (AvgIpc) is 2.91. The first-order valence-corrected chi connectivity index (χ1v) is 6.74. The Morgan fingerprint density at radius 3 is 2.45 bits per heavy atom. The molecule has 0 saturated heterocycles. The monoisotopic (exact) mass is 294 g/mol. The zero-order valence-electron chi connectivity index (χ0n) is 11.9. The van der Waals surface area contributed by atoms with Gasteiger partial charge in [-0.2, -0.15) is 0 Å².